The molecule has 3 aromatic carbocycles. The predicted octanol–water partition coefficient (Wildman–Crippen LogP) is 10.2. The number of fused-ring (bicyclic) bond motifs is 1. The summed E-state index contributed by atoms with van der Waals surface area (Å²) in [7, 11) is 1.45. The van der Waals surface area contributed by atoms with E-state index in [2.05, 4.69) is 0 Å². The number of carbonyl (C=O) groups excluding carboxylic acids is 2. The van der Waals surface area contributed by atoms with Crippen molar-refractivity contribution >= 4 is 50.8 Å². The van der Waals surface area contributed by atoms with Crippen molar-refractivity contribution in [1.29, 1.82) is 0 Å². The molecule has 1 saturated carbocycles. The van der Waals surface area contributed by atoms with E-state index in [0.29, 0.717) is 54.7 Å². The summed E-state index contributed by atoms with van der Waals surface area (Å²) in [6.45, 7) is 5.78. The number of amides is 2. The molecule has 0 spiro atoms. The van der Waals surface area contributed by atoms with E-state index in [4.69, 9.17) is 16.3 Å². The van der Waals surface area contributed by atoms with Crippen molar-refractivity contribution < 1.29 is 46.2 Å². The Morgan fingerprint density at radius 3 is 2.08 bits per heavy atom. The lowest BCUT2D eigenvalue weighted by Crippen LogP contribution is -2.48. The number of hydrogen-bond donors (Lipinski definition) is 1. The van der Waals surface area contributed by atoms with Gasteiger partial charge >= 0.3 is 12.3 Å². The molecule has 0 aliphatic heterocycles. The van der Waals surface area contributed by atoms with E-state index in [1.807, 2.05) is 20.8 Å². The van der Waals surface area contributed by atoms with E-state index in [0.717, 1.165) is 35.6 Å². The fourth-order valence-electron chi connectivity index (χ4n) is 6.51. The number of nitrogens with zero attached hydrogens (tertiary/aromatic N) is 2. The first-order valence-corrected chi connectivity index (χ1v) is 17.4. The minimum Gasteiger partial charge on any atom is -0.496 e. The molecule has 5 rings (SSSR count). The highest BCUT2D eigenvalue weighted by Gasteiger charge is 2.39. The van der Waals surface area contributed by atoms with Gasteiger partial charge in [-0.3, -0.25) is 9.59 Å². The average Bonchev–Trinajstić information content (AvgIpc) is 3.44. The summed E-state index contributed by atoms with van der Waals surface area (Å²) in [6, 6.07) is 11.6. The molecule has 2 amide bonds. The van der Waals surface area contributed by atoms with E-state index in [1.54, 1.807) is 23.1 Å². The summed E-state index contributed by atoms with van der Waals surface area (Å²) in [4.78, 5) is 41.1. The number of methoxy groups -OCH3 is 1. The minimum atomic E-state index is -5.01. The van der Waals surface area contributed by atoms with Gasteiger partial charge in [-0.15, -0.1) is 11.3 Å². The van der Waals surface area contributed by atoms with Crippen LogP contribution in [0.15, 0.2) is 54.6 Å². The van der Waals surface area contributed by atoms with Gasteiger partial charge in [0.2, 0.25) is 0 Å². The van der Waals surface area contributed by atoms with Crippen molar-refractivity contribution in [2.24, 2.45) is 5.92 Å². The predicted molar refractivity (Wildman–Crippen MR) is 186 cm³/mol. The molecule has 272 valence electrons. The van der Waals surface area contributed by atoms with Gasteiger partial charge in [-0.2, -0.15) is 13.2 Å². The molecule has 7 nitrogen and oxygen atoms in total. The number of ether oxygens (including phenoxy) is 1. The summed E-state index contributed by atoms with van der Waals surface area (Å²) in [5, 5.41) is 9.44. The molecule has 1 heterocycles. The van der Waals surface area contributed by atoms with Gasteiger partial charge in [-0.05, 0) is 87.8 Å². The summed E-state index contributed by atoms with van der Waals surface area (Å²) < 4.78 is 74.0. The summed E-state index contributed by atoms with van der Waals surface area (Å²) >= 11 is 7.33. The third-order valence-corrected chi connectivity index (χ3v) is 10.9. The number of halogens is 6. The molecule has 1 aliphatic carbocycles. The fraction of sp³-hybridized carbons (Fsp3) is 0.378. The summed E-state index contributed by atoms with van der Waals surface area (Å²) in [5.41, 5.74) is 0.516. The molecular formula is C37H36ClF5N2O5S. The molecule has 14 heteroatoms. The Hall–Kier alpha value is -4.23. The van der Waals surface area contributed by atoms with Crippen LogP contribution in [0.1, 0.15) is 72.0 Å². The number of Topliss-reactive ketones (excluding diaryl/α,β-unsaturated/α-hetero) is 1. The van der Waals surface area contributed by atoms with Gasteiger partial charge in [-0.1, -0.05) is 41.9 Å². The van der Waals surface area contributed by atoms with Gasteiger partial charge in [0.05, 0.1) is 22.2 Å². The number of rotatable bonds is 9. The summed E-state index contributed by atoms with van der Waals surface area (Å²) in [5.74, 6) is -3.54. The maximum atomic E-state index is 14.8. The van der Waals surface area contributed by atoms with E-state index >= 15 is 0 Å². The van der Waals surface area contributed by atoms with Crippen LogP contribution in [-0.4, -0.2) is 64.1 Å². The van der Waals surface area contributed by atoms with Gasteiger partial charge in [0.25, 0.3) is 11.7 Å². The number of carboxylic acid groups (broad SMARTS) is 1. The second kappa shape index (κ2) is 14.8. The molecule has 4 aromatic rings. The lowest BCUT2D eigenvalue weighted by Gasteiger charge is -2.40. The van der Waals surface area contributed by atoms with Crippen molar-refractivity contribution in [2.45, 2.75) is 70.8 Å². The van der Waals surface area contributed by atoms with Crippen LogP contribution >= 0.6 is 22.9 Å². The van der Waals surface area contributed by atoms with E-state index in [1.165, 1.54) is 24.1 Å². The van der Waals surface area contributed by atoms with Crippen molar-refractivity contribution in [2.75, 3.05) is 13.7 Å². The monoisotopic (exact) mass is 750 g/mol. The van der Waals surface area contributed by atoms with Gasteiger partial charge < -0.3 is 19.6 Å². The first-order valence-electron chi connectivity index (χ1n) is 16.2. The molecule has 1 N–H and O–H groups in total. The van der Waals surface area contributed by atoms with Crippen LogP contribution in [0.2, 0.25) is 5.02 Å². The van der Waals surface area contributed by atoms with Crippen molar-refractivity contribution in [3.05, 3.63) is 87.3 Å². The van der Waals surface area contributed by atoms with Gasteiger partial charge in [-0.25, -0.2) is 13.6 Å². The van der Waals surface area contributed by atoms with Crippen molar-refractivity contribution in [3.8, 4) is 16.9 Å². The smallest absolute Gasteiger partial charge is 0.454 e. The third-order valence-electron chi connectivity index (χ3n) is 9.23. The first-order chi connectivity index (χ1) is 23.9. The highest BCUT2D eigenvalue weighted by atomic mass is 35.5. The van der Waals surface area contributed by atoms with Crippen molar-refractivity contribution in [3.63, 3.8) is 0 Å². The first kappa shape index (κ1) is 38.0. The number of alkyl halides is 3. The molecule has 0 unspecified atom stereocenters. The number of carbonyl (C=O) groups is 3. The second-order valence-electron chi connectivity index (χ2n) is 13.6. The van der Waals surface area contributed by atoms with Crippen LogP contribution in [0.5, 0.6) is 5.75 Å². The minimum absolute atomic E-state index is 0.0192. The Morgan fingerprint density at radius 2 is 1.53 bits per heavy atom. The largest absolute Gasteiger partial charge is 0.496 e. The highest BCUT2D eigenvalue weighted by Crippen LogP contribution is 2.41. The van der Waals surface area contributed by atoms with E-state index < -0.39 is 46.7 Å². The number of benzene rings is 3. The number of hydrogen-bond acceptors (Lipinski definition) is 5. The fourth-order valence-corrected chi connectivity index (χ4v) is 8.02. The van der Waals surface area contributed by atoms with E-state index in [9.17, 15) is 41.4 Å². The van der Waals surface area contributed by atoms with Crippen LogP contribution in [0, 0.1) is 17.6 Å². The average molecular weight is 751 g/mol. The standard InChI is InChI=1S/C37H36ClF5N2O5S/c1-36(2,3)45(35(48)49)18-20-5-12-25(13-6-20)44(34(47)32-30(38)29-26(39)14-15-27(40)31(29)51-32)19-24-17-23(11-16-28(24)50-4)21-7-9-22(10-8-21)33(46)37(41,42)43/h7-11,14-17,20,25H,5-6,12-13,18-19H2,1-4H3,(H,48,49). The highest BCUT2D eigenvalue weighted by molar-refractivity contribution is 7.21. The Bertz CT molecular complexity index is 1950. The third kappa shape index (κ3) is 8.14. The molecule has 1 aliphatic rings. The molecule has 0 saturated heterocycles. The molecule has 0 radical (unpaired) electrons. The number of thiophene rings is 1. The van der Waals surface area contributed by atoms with Crippen LogP contribution < -0.4 is 4.74 Å². The maximum absolute atomic E-state index is 14.8. The van der Waals surface area contributed by atoms with Gasteiger partial charge in [0.15, 0.2) is 0 Å². The SMILES string of the molecule is COc1ccc(-c2ccc(C(=O)C(F)(F)F)cc2)cc1CN(C(=O)c1sc2c(F)ccc(F)c2c1Cl)C1CCC(CN(C(=O)O)C(C)(C)C)CC1. The van der Waals surface area contributed by atoms with Crippen LogP contribution in [0.4, 0.5) is 26.7 Å². The molecule has 0 atom stereocenters. The Morgan fingerprint density at radius 1 is 0.922 bits per heavy atom. The Labute approximate surface area is 300 Å². The molecule has 1 aromatic heterocycles. The zero-order valence-electron chi connectivity index (χ0n) is 28.2. The zero-order valence-corrected chi connectivity index (χ0v) is 29.8. The Balaban J connectivity index is 1.49. The normalized spacial score (nSPS) is 16.6. The lowest BCUT2D eigenvalue weighted by molar-refractivity contribution is -0.0885. The van der Waals surface area contributed by atoms with Crippen LogP contribution in [0.25, 0.3) is 21.2 Å². The maximum Gasteiger partial charge on any atom is 0.454 e. The van der Waals surface area contributed by atoms with Crippen LogP contribution in [-0.2, 0) is 6.54 Å². The topological polar surface area (TPSA) is 87.2 Å². The lowest BCUT2D eigenvalue weighted by atomic mass is 9.84. The van der Waals surface area contributed by atoms with Crippen molar-refractivity contribution in [1.82, 2.24) is 9.80 Å². The van der Waals surface area contributed by atoms with E-state index in [-0.39, 0.29) is 38.5 Å². The number of ketones is 1. The molecule has 0 bridgehead atoms. The molecule has 51 heavy (non-hydrogen) atoms. The molecular weight excluding hydrogens is 715 g/mol. The van der Waals surface area contributed by atoms with Crippen LogP contribution in [0.3, 0.4) is 0 Å². The second-order valence-corrected chi connectivity index (χ2v) is 15.0. The quantitative estimate of drug-likeness (QED) is 0.136. The molecule has 1 fully saturated rings. The van der Waals surface area contributed by atoms with Gasteiger partial charge in [0.1, 0.15) is 22.3 Å². The summed E-state index contributed by atoms with van der Waals surface area (Å²) in [6.07, 6.45) is -3.79. The Kier molecular flexibility index (Phi) is 11.0. The van der Waals surface area contributed by atoms with Gasteiger partial charge in [0, 0.05) is 35.8 Å². The zero-order chi connectivity index (χ0) is 37.4.